The van der Waals surface area contributed by atoms with Gasteiger partial charge in [-0.1, -0.05) is 6.08 Å². The average molecular weight is 315 g/mol. The fraction of sp³-hybridized carbons (Fsp3) is 0.500. The molecule has 2 unspecified atom stereocenters. The zero-order valence-electron chi connectivity index (χ0n) is 14.2. The summed E-state index contributed by atoms with van der Waals surface area (Å²) in [6, 6.07) is 6.04. The van der Waals surface area contributed by atoms with Crippen molar-refractivity contribution in [1.82, 2.24) is 14.5 Å². The van der Waals surface area contributed by atoms with E-state index in [2.05, 4.69) is 36.0 Å². The molecule has 2 aromatic rings. The summed E-state index contributed by atoms with van der Waals surface area (Å²) >= 11 is 0. The first-order valence-corrected chi connectivity index (χ1v) is 8.12. The summed E-state index contributed by atoms with van der Waals surface area (Å²) in [4.78, 5) is 7.25. The van der Waals surface area contributed by atoms with E-state index in [0.717, 1.165) is 48.8 Å². The Morgan fingerprint density at radius 3 is 2.74 bits per heavy atom. The maximum absolute atomic E-state index is 5.82. The van der Waals surface area contributed by atoms with E-state index in [0.29, 0.717) is 0 Å². The third kappa shape index (κ3) is 3.41. The summed E-state index contributed by atoms with van der Waals surface area (Å²) in [5, 5.41) is 0. The molecule has 0 spiro atoms. The molecule has 0 amide bonds. The van der Waals surface area contributed by atoms with Crippen molar-refractivity contribution in [2.24, 2.45) is 0 Å². The SMILES string of the molecule is C=CCn1c(CN2CC(C)OC(C)C2)nc2cc(OC)ccc21. The molecule has 124 valence electrons. The van der Waals surface area contributed by atoms with Crippen LogP contribution in [0.4, 0.5) is 0 Å². The minimum atomic E-state index is 0.260. The number of imidazole rings is 1. The average Bonchev–Trinajstić information content (AvgIpc) is 2.83. The Bertz CT molecular complexity index is 685. The summed E-state index contributed by atoms with van der Waals surface area (Å²) in [6.45, 7) is 11.6. The molecule has 1 aliphatic heterocycles. The number of morpholine rings is 1. The highest BCUT2D eigenvalue weighted by Gasteiger charge is 2.24. The minimum Gasteiger partial charge on any atom is -0.497 e. The van der Waals surface area contributed by atoms with Gasteiger partial charge in [-0.3, -0.25) is 4.90 Å². The molecule has 0 N–H and O–H groups in total. The first kappa shape index (κ1) is 16.0. The van der Waals surface area contributed by atoms with Gasteiger partial charge in [0.05, 0.1) is 36.9 Å². The Morgan fingerprint density at radius 1 is 1.35 bits per heavy atom. The molecule has 0 saturated carbocycles. The van der Waals surface area contributed by atoms with Crippen LogP contribution in [0.25, 0.3) is 11.0 Å². The monoisotopic (exact) mass is 315 g/mol. The van der Waals surface area contributed by atoms with E-state index >= 15 is 0 Å². The van der Waals surface area contributed by atoms with E-state index in [1.54, 1.807) is 7.11 Å². The van der Waals surface area contributed by atoms with Gasteiger partial charge in [0, 0.05) is 25.7 Å². The highest BCUT2D eigenvalue weighted by Crippen LogP contribution is 2.23. The summed E-state index contributed by atoms with van der Waals surface area (Å²) in [5.74, 6) is 1.90. The van der Waals surface area contributed by atoms with Gasteiger partial charge in [0.25, 0.3) is 0 Å². The largest absolute Gasteiger partial charge is 0.497 e. The molecule has 1 aromatic carbocycles. The lowest BCUT2D eigenvalue weighted by Gasteiger charge is -2.35. The van der Waals surface area contributed by atoms with Crippen molar-refractivity contribution in [1.29, 1.82) is 0 Å². The molecule has 3 rings (SSSR count). The number of aromatic nitrogens is 2. The fourth-order valence-corrected chi connectivity index (χ4v) is 3.35. The van der Waals surface area contributed by atoms with Crippen molar-refractivity contribution >= 4 is 11.0 Å². The molecular formula is C18H25N3O2. The Kier molecular flexibility index (Phi) is 4.68. The minimum absolute atomic E-state index is 0.260. The van der Waals surface area contributed by atoms with Gasteiger partial charge in [-0.05, 0) is 26.0 Å². The summed E-state index contributed by atoms with van der Waals surface area (Å²) in [7, 11) is 1.68. The molecule has 5 heteroatoms. The number of hydrogen-bond acceptors (Lipinski definition) is 4. The third-order valence-electron chi connectivity index (χ3n) is 4.21. The van der Waals surface area contributed by atoms with E-state index < -0.39 is 0 Å². The number of fused-ring (bicyclic) bond motifs is 1. The second-order valence-electron chi connectivity index (χ2n) is 6.23. The van der Waals surface area contributed by atoms with Gasteiger partial charge in [-0.15, -0.1) is 6.58 Å². The van der Waals surface area contributed by atoms with E-state index in [9.17, 15) is 0 Å². The number of ether oxygens (including phenoxy) is 2. The lowest BCUT2D eigenvalue weighted by molar-refractivity contribution is -0.0712. The van der Waals surface area contributed by atoms with Crippen LogP contribution in [0.2, 0.25) is 0 Å². The van der Waals surface area contributed by atoms with Crippen LogP contribution in [0.3, 0.4) is 0 Å². The van der Waals surface area contributed by atoms with Crippen molar-refractivity contribution in [3.8, 4) is 5.75 Å². The van der Waals surface area contributed by atoms with Crippen LogP contribution in [-0.2, 0) is 17.8 Å². The molecule has 0 bridgehead atoms. The van der Waals surface area contributed by atoms with E-state index in [1.807, 2.05) is 18.2 Å². The molecule has 0 aliphatic carbocycles. The number of allylic oxidation sites excluding steroid dienone is 1. The lowest BCUT2D eigenvalue weighted by Crippen LogP contribution is -2.45. The van der Waals surface area contributed by atoms with Gasteiger partial charge in [0.1, 0.15) is 11.6 Å². The van der Waals surface area contributed by atoms with Crippen molar-refractivity contribution in [3.63, 3.8) is 0 Å². The molecule has 1 aliphatic rings. The zero-order valence-corrected chi connectivity index (χ0v) is 14.2. The Hall–Kier alpha value is -1.85. The van der Waals surface area contributed by atoms with Gasteiger partial charge in [0.2, 0.25) is 0 Å². The maximum atomic E-state index is 5.82. The predicted molar refractivity (Wildman–Crippen MR) is 91.8 cm³/mol. The van der Waals surface area contributed by atoms with Crippen LogP contribution in [-0.4, -0.2) is 46.9 Å². The second kappa shape index (κ2) is 6.72. The van der Waals surface area contributed by atoms with Crippen molar-refractivity contribution in [3.05, 3.63) is 36.7 Å². The van der Waals surface area contributed by atoms with E-state index in [4.69, 9.17) is 14.5 Å². The van der Waals surface area contributed by atoms with Crippen LogP contribution in [0.1, 0.15) is 19.7 Å². The molecule has 2 heterocycles. The summed E-state index contributed by atoms with van der Waals surface area (Å²) < 4.78 is 13.4. The molecular weight excluding hydrogens is 290 g/mol. The van der Waals surface area contributed by atoms with Crippen LogP contribution >= 0.6 is 0 Å². The first-order valence-electron chi connectivity index (χ1n) is 8.12. The van der Waals surface area contributed by atoms with E-state index in [1.165, 1.54) is 0 Å². The van der Waals surface area contributed by atoms with Crippen molar-refractivity contribution in [2.45, 2.75) is 39.1 Å². The molecule has 5 nitrogen and oxygen atoms in total. The summed E-state index contributed by atoms with van der Waals surface area (Å²) in [5.41, 5.74) is 2.09. The number of methoxy groups -OCH3 is 1. The third-order valence-corrected chi connectivity index (χ3v) is 4.21. The number of benzene rings is 1. The Balaban J connectivity index is 1.92. The van der Waals surface area contributed by atoms with Crippen molar-refractivity contribution in [2.75, 3.05) is 20.2 Å². The molecule has 23 heavy (non-hydrogen) atoms. The van der Waals surface area contributed by atoms with Gasteiger partial charge >= 0.3 is 0 Å². The summed E-state index contributed by atoms with van der Waals surface area (Å²) in [6.07, 6.45) is 2.44. The predicted octanol–water partition coefficient (Wildman–Crippen LogP) is 2.84. The highest BCUT2D eigenvalue weighted by molar-refractivity contribution is 5.77. The zero-order chi connectivity index (χ0) is 16.4. The van der Waals surface area contributed by atoms with E-state index in [-0.39, 0.29) is 12.2 Å². The topological polar surface area (TPSA) is 39.5 Å². The molecule has 1 saturated heterocycles. The standard InChI is InChI=1S/C18H25N3O2/c1-5-8-21-17-7-6-15(22-4)9-16(17)19-18(21)12-20-10-13(2)23-14(3)11-20/h5-7,9,13-14H,1,8,10-12H2,2-4H3. The van der Waals surface area contributed by atoms with Crippen molar-refractivity contribution < 1.29 is 9.47 Å². The number of hydrogen-bond donors (Lipinski definition) is 0. The number of rotatable bonds is 5. The molecule has 1 aromatic heterocycles. The number of nitrogens with zero attached hydrogens (tertiary/aromatic N) is 3. The smallest absolute Gasteiger partial charge is 0.124 e. The molecule has 0 radical (unpaired) electrons. The normalized spacial score (nSPS) is 22.4. The fourth-order valence-electron chi connectivity index (χ4n) is 3.35. The Labute approximate surface area is 137 Å². The van der Waals surface area contributed by atoms with Gasteiger partial charge < -0.3 is 14.0 Å². The van der Waals surface area contributed by atoms with Crippen LogP contribution < -0.4 is 4.74 Å². The molecule has 2 atom stereocenters. The maximum Gasteiger partial charge on any atom is 0.124 e. The van der Waals surface area contributed by atoms with Gasteiger partial charge in [0.15, 0.2) is 0 Å². The lowest BCUT2D eigenvalue weighted by atomic mass is 10.2. The van der Waals surface area contributed by atoms with Gasteiger partial charge in [-0.2, -0.15) is 0 Å². The quantitative estimate of drug-likeness (QED) is 0.796. The van der Waals surface area contributed by atoms with Crippen LogP contribution in [0.15, 0.2) is 30.9 Å². The van der Waals surface area contributed by atoms with Gasteiger partial charge in [-0.25, -0.2) is 4.98 Å². The van der Waals surface area contributed by atoms with Crippen LogP contribution in [0.5, 0.6) is 5.75 Å². The first-order chi connectivity index (χ1) is 11.1. The Morgan fingerprint density at radius 2 is 2.09 bits per heavy atom. The van der Waals surface area contributed by atoms with Crippen LogP contribution in [0, 0.1) is 0 Å². The highest BCUT2D eigenvalue weighted by atomic mass is 16.5. The molecule has 1 fully saturated rings. The second-order valence-corrected chi connectivity index (χ2v) is 6.23.